The molecule has 1 atom stereocenters. The summed E-state index contributed by atoms with van der Waals surface area (Å²) < 4.78 is 11.7. The Morgan fingerprint density at radius 3 is 2.33 bits per heavy atom. The average molecular weight is 296 g/mol. The molecule has 1 N–H and O–H groups in total. The molecule has 122 valence electrons. The molecule has 0 aromatic heterocycles. The summed E-state index contributed by atoms with van der Waals surface area (Å²) in [5.74, 6) is 0. The van der Waals surface area contributed by atoms with Crippen LogP contribution in [0.1, 0.15) is 51.4 Å². The molecular weight excluding hydrogens is 264 g/mol. The number of ether oxygens (including phenoxy) is 2. The molecule has 3 fully saturated rings. The Hall–Kier alpha value is -0.160. The fourth-order valence-electron chi connectivity index (χ4n) is 4.51. The lowest BCUT2D eigenvalue weighted by Gasteiger charge is -2.48. The van der Waals surface area contributed by atoms with Crippen molar-refractivity contribution >= 4 is 0 Å². The Bertz CT molecular complexity index is 317. The molecule has 2 aliphatic heterocycles. The minimum absolute atomic E-state index is 0.123. The van der Waals surface area contributed by atoms with E-state index >= 15 is 0 Å². The van der Waals surface area contributed by atoms with Crippen LogP contribution in [0.3, 0.4) is 0 Å². The Morgan fingerprint density at radius 1 is 0.952 bits per heavy atom. The molecule has 1 saturated carbocycles. The van der Waals surface area contributed by atoms with Crippen molar-refractivity contribution in [3.8, 4) is 0 Å². The van der Waals surface area contributed by atoms with Crippen molar-refractivity contribution < 1.29 is 9.47 Å². The van der Waals surface area contributed by atoms with Gasteiger partial charge < -0.3 is 19.7 Å². The summed E-state index contributed by atoms with van der Waals surface area (Å²) in [7, 11) is 4.45. The van der Waals surface area contributed by atoms with Gasteiger partial charge in [-0.1, -0.05) is 0 Å². The van der Waals surface area contributed by atoms with Crippen LogP contribution in [0.5, 0.6) is 0 Å². The van der Waals surface area contributed by atoms with Gasteiger partial charge in [-0.05, 0) is 65.5 Å². The van der Waals surface area contributed by atoms with E-state index in [4.69, 9.17) is 9.47 Å². The summed E-state index contributed by atoms with van der Waals surface area (Å²) >= 11 is 0. The van der Waals surface area contributed by atoms with Gasteiger partial charge in [-0.2, -0.15) is 0 Å². The standard InChI is InChI=1S/C17H32N2O2/c1-18-14-3-5-15(6-4-14)19(2)16-7-10-21-17(13-16)8-11-20-12-9-17/h14-16,18H,3-13H2,1-2H3. The van der Waals surface area contributed by atoms with Crippen LogP contribution in [-0.2, 0) is 9.47 Å². The summed E-state index contributed by atoms with van der Waals surface area (Å²) in [4.78, 5) is 2.69. The lowest BCUT2D eigenvalue weighted by molar-refractivity contribution is -0.153. The van der Waals surface area contributed by atoms with Crippen molar-refractivity contribution in [1.82, 2.24) is 10.2 Å². The average Bonchev–Trinajstić information content (AvgIpc) is 2.55. The lowest BCUT2D eigenvalue weighted by Crippen LogP contribution is -2.53. The highest BCUT2D eigenvalue weighted by Gasteiger charge is 2.41. The molecule has 0 aromatic carbocycles. The normalized spacial score (nSPS) is 37.0. The first kappa shape index (κ1) is 15.7. The number of hydrogen-bond acceptors (Lipinski definition) is 4. The maximum atomic E-state index is 6.19. The van der Waals surface area contributed by atoms with Gasteiger partial charge in [-0.25, -0.2) is 0 Å². The Balaban J connectivity index is 1.55. The molecule has 1 unspecified atom stereocenters. The SMILES string of the molecule is CNC1CCC(N(C)C2CCOC3(CCOCC3)C2)CC1. The van der Waals surface area contributed by atoms with Crippen molar-refractivity contribution in [3.05, 3.63) is 0 Å². The van der Waals surface area contributed by atoms with Crippen LogP contribution in [0.25, 0.3) is 0 Å². The fourth-order valence-corrected chi connectivity index (χ4v) is 4.51. The number of rotatable bonds is 3. The molecule has 0 aromatic rings. The predicted molar refractivity (Wildman–Crippen MR) is 84.6 cm³/mol. The molecule has 0 radical (unpaired) electrons. The van der Waals surface area contributed by atoms with Gasteiger partial charge in [0.05, 0.1) is 5.60 Å². The second-order valence-electron chi connectivity index (χ2n) is 7.25. The van der Waals surface area contributed by atoms with Gasteiger partial charge in [0.1, 0.15) is 0 Å². The zero-order valence-electron chi connectivity index (χ0n) is 13.8. The summed E-state index contributed by atoms with van der Waals surface area (Å²) in [5.41, 5.74) is 0.123. The van der Waals surface area contributed by atoms with E-state index in [0.717, 1.165) is 44.7 Å². The number of nitrogens with one attached hydrogen (secondary N) is 1. The van der Waals surface area contributed by atoms with Gasteiger partial charge in [0.25, 0.3) is 0 Å². The van der Waals surface area contributed by atoms with Gasteiger partial charge in [-0.3, -0.25) is 0 Å². The lowest BCUT2D eigenvalue weighted by atomic mass is 9.82. The third-order valence-electron chi connectivity index (χ3n) is 6.13. The van der Waals surface area contributed by atoms with Crippen molar-refractivity contribution in [1.29, 1.82) is 0 Å². The van der Waals surface area contributed by atoms with Crippen molar-refractivity contribution in [2.75, 3.05) is 33.9 Å². The molecule has 0 bridgehead atoms. The minimum Gasteiger partial charge on any atom is -0.381 e. The monoisotopic (exact) mass is 296 g/mol. The Labute approximate surface area is 129 Å². The van der Waals surface area contributed by atoms with Crippen molar-refractivity contribution in [2.45, 2.75) is 75.1 Å². The molecule has 3 rings (SSSR count). The minimum atomic E-state index is 0.123. The predicted octanol–water partition coefficient (Wildman–Crippen LogP) is 2.18. The zero-order chi connectivity index (χ0) is 14.7. The second-order valence-corrected chi connectivity index (χ2v) is 7.25. The first-order valence-electron chi connectivity index (χ1n) is 8.83. The van der Waals surface area contributed by atoms with Gasteiger partial charge in [-0.15, -0.1) is 0 Å². The Kier molecular flexibility index (Phi) is 5.20. The third kappa shape index (κ3) is 3.61. The summed E-state index contributed by atoms with van der Waals surface area (Å²) in [6.45, 7) is 2.69. The van der Waals surface area contributed by atoms with E-state index in [1.807, 2.05) is 0 Å². The van der Waals surface area contributed by atoms with E-state index in [9.17, 15) is 0 Å². The quantitative estimate of drug-likeness (QED) is 0.865. The fraction of sp³-hybridized carbons (Fsp3) is 1.00. The molecule has 2 heterocycles. The van der Waals surface area contributed by atoms with E-state index in [0.29, 0.717) is 6.04 Å². The van der Waals surface area contributed by atoms with Crippen LogP contribution >= 0.6 is 0 Å². The van der Waals surface area contributed by atoms with Gasteiger partial charge in [0, 0.05) is 37.9 Å². The second kappa shape index (κ2) is 6.95. The molecule has 1 spiro atoms. The van der Waals surface area contributed by atoms with Crippen LogP contribution in [0.2, 0.25) is 0 Å². The molecule has 2 saturated heterocycles. The van der Waals surface area contributed by atoms with Crippen LogP contribution in [0, 0.1) is 0 Å². The highest BCUT2D eigenvalue weighted by atomic mass is 16.5. The molecule has 1 aliphatic carbocycles. The van der Waals surface area contributed by atoms with Crippen LogP contribution in [0.15, 0.2) is 0 Å². The van der Waals surface area contributed by atoms with E-state index in [2.05, 4.69) is 24.3 Å². The van der Waals surface area contributed by atoms with E-state index in [-0.39, 0.29) is 5.60 Å². The zero-order valence-corrected chi connectivity index (χ0v) is 13.8. The highest BCUT2D eigenvalue weighted by Crippen LogP contribution is 2.37. The van der Waals surface area contributed by atoms with E-state index in [1.54, 1.807) is 0 Å². The summed E-state index contributed by atoms with van der Waals surface area (Å²) in [6.07, 6.45) is 9.92. The summed E-state index contributed by atoms with van der Waals surface area (Å²) in [6, 6.07) is 2.22. The summed E-state index contributed by atoms with van der Waals surface area (Å²) in [5, 5.41) is 3.44. The van der Waals surface area contributed by atoms with Gasteiger partial charge in [0.2, 0.25) is 0 Å². The van der Waals surface area contributed by atoms with Crippen LogP contribution < -0.4 is 5.32 Å². The molecule has 21 heavy (non-hydrogen) atoms. The first-order valence-corrected chi connectivity index (χ1v) is 8.83. The maximum Gasteiger partial charge on any atom is 0.0741 e. The molecule has 4 nitrogen and oxygen atoms in total. The molecular formula is C17H32N2O2. The number of nitrogens with zero attached hydrogens (tertiary/aromatic N) is 1. The Morgan fingerprint density at radius 2 is 1.67 bits per heavy atom. The maximum absolute atomic E-state index is 6.19. The first-order chi connectivity index (χ1) is 10.2. The van der Waals surface area contributed by atoms with Gasteiger partial charge >= 0.3 is 0 Å². The van der Waals surface area contributed by atoms with E-state index in [1.165, 1.54) is 38.5 Å². The topological polar surface area (TPSA) is 33.7 Å². The molecule has 3 aliphatic rings. The molecule has 4 heteroatoms. The molecule has 0 amide bonds. The smallest absolute Gasteiger partial charge is 0.0741 e. The largest absolute Gasteiger partial charge is 0.381 e. The number of hydrogen-bond donors (Lipinski definition) is 1. The van der Waals surface area contributed by atoms with Gasteiger partial charge in [0.15, 0.2) is 0 Å². The van der Waals surface area contributed by atoms with Crippen molar-refractivity contribution in [2.24, 2.45) is 0 Å². The van der Waals surface area contributed by atoms with Crippen molar-refractivity contribution in [3.63, 3.8) is 0 Å². The van der Waals surface area contributed by atoms with Crippen LogP contribution in [-0.4, -0.2) is 62.5 Å². The third-order valence-corrected chi connectivity index (χ3v) is 6.13. The van der Waals surface area contributed by atoms with E-state index < -0.39 is 0 Å². The van der Waals surface area contributed by atoms with Crippen LogP contribution in [0.4, 0.5) is 0 Å². The highest BCUT2D eigenvalue weighted by molar-refractivity contribution is 4.94.